The van der Waals surface area contributed by atoms with Gasteiger partial charge in [-0.25, -0.2) is 4.98 Å². The first-order chi connectivity index (χ1) is 9.38. The van der Waals surface area contributed by atoms with Crippen molar-refractivity contribution < 1.29 is 0 Å². The van der Waals surface area contributed by atoms with E-state index in [0.29, 0.717) is 5.69 Å². The minimum atomic E-state index is -0.377. The molecule has 1 unspecified atom stereocenters. The molecule has 0 fully saturated rings. The van der Waals surface area contributed by atoms with Crippen LogP contribution >= 0.6 is 0 Å². The third kappa shape index (κ3) is 2.16. The molecule has 0 radical (unpaired) electrons. The molecule has 0 N–H and O–H groups in total. The summed E-state index contributed by atoms with van der Waals surface area (Å²) in [6.45, 7) is 0. The number of nitriles is 1. The van der Waals surface area contributed by atoms with E-state index < -0.39 is 0 Å². The molecule has 2 aromatic carbocycles. The van der Waals surface area contributed by atoms with Crippen LogP contribution < -0.4 is 0 Å². The van der Waals surface area contributed by atoms with Crippen molar-refractivity contribution in [1.82, 2.24) is 9.97 Å². The summed E-state index contributed by atoms with van der Waals surface area (Å²) in [7, 11) is 0. The molecule has 0 spiro atoms. The maximum Gasteiger partial charge on any atom is 0.115 e. The van der Waals surface area contributed by atoms with Crippen LogP contribution in [-0.4, -0.2) is 9.97 Å². The van der Waals surface area contributed by atoms with Crippen LogP contribution in [0.25, 0.3) is 11.0 Å². The quantitative estimate of drug-likeness (QED) is 0.696. The fourth-order valence-electron chi connectivity index (χ4n) is 2.07. The van der Waals surface area contributed by atoms with Gasteiger partial charge in [-0.05, 0) is 17.7 Å². The van der Waals surface area contributed by atoms with Crippen molar-refractivity contribution in [3.63, 3.8) is 0 Å². The van der Waals surface area contributed by atoms with Gasteiger partial charge in [0.2, 0.25) is 0 Å². The Labute approximate surface area is 111 Å². The largest absolute Gasteiger partial charge is 0.253 e. The summed E-state index contributed by atoms with van der Waals surface area (Å²) >= 11 is 0. The van der Waals surface area contributed by atoms with Crippen molar-refractivity contribution in [1.29, 1.82) is 5.26 Å². The first-order valence-electron chi connectivity index (χ1n) is 6.05. The Morgan fingerprint density at radius 1 is 0.895 bits per heavy atom. The van der Waals surface area contributed by atoms with E-state index >= 15 is 0 Å². The molecule has 0 saturated carbocycles. The molecule has 0 saturated heterocycles. The summed E-state index contributed by atoms with van der Waals surface area (Å²) in [5.41, 5.74) is 3.29. The SMILES string of the molecule is N#CC(c1ccccc1)c1cnc2ccccc2n1. The van der Waals surface area contributed by atoms with E-state index in [9.17, 15) is 5.26 Å². The van der Waals surface area contributed by atoms with Crippen molar-refractivity contribution in [3.8, 4) is 6.07 Å². The summed E-state index contributed by atoms with van der Waals surface area (Å²) in [6, 6.07) is 19.6. The first-order valence-corrected chi connectivity index (χ1v) is 6.05. The van der Waals surface area contributed by atoms with Gasteiger partial charge in [0, 0.05) is 0 Å². The molecule has 1 atom stereocenters. The van der Waals surface area contributed by atoms with Crippen molar-refractivity contribution in [2.24, 2.45) is 0 Å². The highest BCUT2D eigenvalue weighted by molar-refractivity contribution is 5.73. The minimum absolute atomic E-state index is 0.377. The molecule has 19 heavy (non-hydrogen) atoms. The zero-order chi connectivity index (χ0) is 13.1. The van der Waals surface area contributed by atoms with Crippen molar-refractivity contribution in [2.75, 3.05) is 0 Å². The smallest absolute Gasteiger partial charge is 0.115 e. The maximum atomic E-state index is 9.39. The lowest BCUT2D eigenvalue weighted by Gasteiger charge is -2.09. The second kappa shape index (κ2) is 4.87. The monoisotopic (exact) mass is 245 g/mol. The van der Waals surface area contributed by atoms with Gasteiger partial charge in [-0.3, -0.25) is 4.98 Å². The fraction of sp³-hybridized carbons (Fsp3) is 0.0625. The predicted molar refractivity (Wildman–Crippen MR) is 73.4 cm³/mol. The Balaban J connectivity index is 2.10. The van der Waals surface area contributed by atoms with E-state index in [4.69, 9.17) is 0 Å². The van der Waals surface area contributed by atoms with Crippen molar-refractivity contribution >= 4 is 11.0 Å². The second-order valence-corrected chi connectivity index (χ2v) is 4.26. The highest BCUT2D eigenvalue weighted by Crippen LogP contribution is 2.22. The highest BCUT2D eigenvalue weighted by atomic mass is 14.8. The van der Waals surface area contributed by atoms with Crippen LogP contribution in [-0.2, 0) is 0 Å². The third-order valence-electron chi connectivity index (χ3n) is 3.02. The Kier molecular flexibility index (Phi) is 2.91. The number of benzene rings is 2. The van der Waals surface area contributed by atoms with E-state index in [0.717, 1.165) is 16.6 Å². The minimum Gasteiger partial charge on any atom is -0.253 e. The number of aromatic nitrogens is 2. The van der Waals surface area contributed by atoms with Crippen molar-refractivity contribution in [3.05, 3.63) is 72.1 Å². The average molecular weight is 245 g/mol. The van der Waals surface area contributed by atoms with Gasteiger partial charge in [0.05, 0.1) is 29.0 Å². The lowest BCUT2D eigenvalue weighted by molar-refractivity contribution is 0.963. The van der Waals surface area contributed by atoms with E-state index in [1.807, 2.05) is 54.6 Å². The molecular weight excluding hydrogens is 234 g/mol. The second-order valence-electron chi connectivity index (χ2n) is 4.26. The molecule has 3 heteroatoms. The van der Waals surface area contributed by atoms with E-state index in [1.165, 1.54) is 0 Å². The van der Waals surface area contributed by atoms with Crippen LogP contribution in [0, 0.1) is 11.3 Å². The fourth-order valence-corrected chi connectivity index (χ4v) is 2.07. The van der Waals surface area contributed by atoms with Crippen LogP contribution in [0.5, 0.6) is 0 Å². The molecule has 90 valence electrons. The number of hydrogen-bond donors (Lipinski definition) is 0. The average Bonchev–Trinajstić information content (AvgIpc) is 2.49. The first kappa shape index (κ1) is 11.4. The number of para-hydroxylation sites is 2. The van der Waals surface area contributed by atoms with Gasteiger partial charge in [-0.2, -0.15) is 5.26 Å². The molecule has 3 aromatic rings. The van der Waals surface area contributed by atoms with Crippen LogP contribution in [0.2, 0.25) is 0 Å². The normalized spacial score (nSPS) is 11.9. The van der Waals surface area contributed by atoms with Crippen LogP contribution in [0.4, 0.5) is 0 Å². The summed E-state index contributed by atoms with van der Waals surface area (Å²) in [6.07, 6.45) is 1.68. The molecule has 1 heterocycles. The summed E-state index contributed by atoms with van der Waals surface area (Å²) in [4.78, 5) is 8.90. The summed E-state index contributed by atoms with van der Waals surface area (Å²) < 4.78 is 0. The molecule has 0 bridgehead atoms. The lowest BCUT2D eigenvalue weighted by Crippen LogP contribution is -2.02. The zero-order valence-corrected chi connectivity index (χ0v) is 10.2. The zero-order valence-electron chi connectivity index (χ0n) is 10.2. The molecule has 0 aliphatic heterocycles. The van der Waals surface area contributed by atoms with Crippen LogP contribution in [0.3, 0.4) is 0 Å². The van der Waals surface area contributed by atoms with Gasteiger partial charge < -0.3 is 0 Å². The number of fused-ring (bicyclic) bond motifs is 1. The van der Waals surface area contributed by atoms with E-state index in [2.05, 4.69) is 16.0 Å². The Bertz CT molecular complexity index is 745. The molecule has 0 aliphatic carbocycles. The summed E-state index contributed by atoms with van der Waals surface area (Å²) in [5, 5.41) is 9.39. The highest BCUT2D eigenvalue weighted by Gasteiger charge is 2.15. The van der Waals surface area contributed by atoms with Gasteiger partial charge in [0.25, 0.3) is 0 Å². The van der Waals surface area contributed by atoms with Gasteiger partial charge in [-0.15, -0.1) is 0 Å². The van der Waals surface area contributed by atoms with E-state index in [-0.39, 0.29) is 5.92 Å². The number of hydrogen-bond acceptors (Lipinski definition) is 3. The Morgan fingerprint density at radius 2 is 1.58 bits per heavy atom. The van der Waals surface area contributed by atoms with Gasteiger partial charge >= 0.3 is 0 Å². The molecule has 1 aromatic heterocycles. The van der Waals surface area contributed by atoms with Gasteiger partial charge in [0.15, 0.2) is 0 Å². The molecule has 3 rings (SSSR count). The van der Waals surface area contributed by atoms with Gasteiger partial charge in [0.1, 0.15) is 5.92 Å². The number of rotatable bonds is 2. The molecule has 3 nitrogen and oxygen atoms in total. The van der Waals surface area contributed by atoms with Crippen LogP contribution in [0.1, 0.15) is 17.2 Å². The standard InChI is InChI=1S/C16H11N3/c17-10-13(12-6-2-1-3-7-12)16-11-18-14-8-4-5-9-15(14)19-16/h1-9,11,13H. The molecule has 0 amide bonds. The Morgan fingerprint density at radius 3 is 2.32 bits per heavy atom. The topological polar surface area (TPSA) is 49.6 Å². The molecule has 0 aliphatic rings. The predicted octanol–water partition coefficient (Wildman–Crippen LogP) is 3.29. The third-order valence-corrected chi connectivity index (χ3v) is 3.02. The Hall–Kier alpha value is -2.73. The van der Waals surface area contributed by atoms with Crippen LogP contribution in [0.15, 0.2) is 60.8 Å². The van der Waals surface area contributed by atoms with Crippen molar-refractivity contribution in [2.45, 2.75) is 5.92 Å². The molecular formula is C16H11N3. The maximum absolute atomic E-state index is 9.39. The lowest BCUT2D eigenvalue weighted by atomic mass is 9.97. The van der Waals surface area contributed by atoms with Gasteiger partial charge in [-0.1, -0.05) is 42.5 Å². The van der Waals surface area contributed by atoms with E-state index in [1.54, 1.807) is 6.20 Å². The summed E-state index contributed by atoms with van der Waals surface area (Å²) in [5.74, 6) is -0.377. The number of nitrogens with zero attached hydrogens (tertiary/aromatic N) is 3.